The van der Waals surface area contributed by atoms with E-state index in [1.807, 2.05) is 6.92 Å². The summed E-state index contributed by atoms with van der Waals surface area (Å²) in [4.78, 5) is 11.1. The van der Waals surface area contributed by atoms with Gasteiger partial charge in [0, 0.05) is 25.4 Å². The molecule has 0 spiro atoms. The summed E-state index contributed by atoms with van der Waals surface area (Å²) in [5.74, 6) is 1.03. The third-order valence-electron chi connectivity index (χ3n) is 2.40. The van der Waals surface area contributed by atoms with Crippen molar-refractivity contribution in [1.82, 2.24) is 0 Å². The highest BCUT2D eigenvalue weighted by atomic mass is 32.2. The Bertz CT molecular complexity index is 195. The van der Waals surface area contributed by atoms with Crippen LogP contribution in [0.2, 0.25) is 6.04 Å². The molecule has 0 radical (unpaired) electrons. The minimum atomic E-state index is -0.336. The average molecular weight is 293 g/mol. The smallest absolute Gasteiger partial charge is 0.188 e. The van der Waals surface area contributed by atoms with Crippen molar-refractivity contribution in [1.29, 1.82) is 0 Å². The van der Waals surface area contributed by atoms with Crippen molar-refractivity contribution in [2.24, 2.45) is 0 Å². The van der Waals surface area contributed by atoms with Crippen molar-refractivity contribution in [2.45, 2.75) is 58.4 Å². The van der Waals surface area contributed by atoms with E-state index in [4.69, 9.17) is 9.47 Å². The summed E-state index contributed by atoms with van der Waals surface area (Å²) in [6.45, 7) is 7.74. The summed E-state index contributed by atoms with van der Waals surface area (Å²) < 4.78 is 11.4. The quantitative estimate of drug-likeness (QED) is 0.315. The molecule has 0 saturated carbocycles. The van der Waals surface area contributed by atoms with Gasteiger partial charge in [-0.05, 0) is 19.3 Å². The third kappa shape index (κ3) is 11.3. The van der Waals surface area contributed by atoms with Gasteiger partial charge >= 0.3 is 0 Å². The first-order valence-electron chi connectivity index (χ1n) is 7.13. The summed E-state index contributed by atoms with van der Waals surface area (Å²) in [6.07, 6.45) is 3.84. The van der Waals surface area contributed by atoms with Crippen LogP contribution in [0.25, 0.3) is 0 Å². The van der Waals surface area contributed by atoms with E-state index in [0.29, 0.717) is 11.5 Å². The molecule has 0 aromatic heterocycles. The highest BCUT2D eigenvalue weighted by Crippen LogP contribution is 2.09. The minimum absolute atomic E-state index is 0.0803. The number of carbonyl (C=O) groups is 1. The van der Waals surface area contributed by atoms with Gasteiger partial charge in [-0.1, -0.05) is 38.6 Å². The normalized spacial score (nSPS) is 11.8. The molecule has 0 atom stereocenters. The van der Waals surface area contributed by atoms with Crippen LogP contribution in [0.4, 0.5) is 0 Å². The van der Waals surface area contributed by atoms with Crippen LogP contribution in [-0.2, 0) is 14.3 Å². The molecule has 0 aromatic carbocycles. The van der Waals surface area contributed by atoms with E-state index in [1.54, 1.807) is 0 Å². The van der Waals surface area contributed by atoms with Gasteiger partial charge in [-0.15, -0.1) is 0 Å². The zero-order valence-corrected chi connectivity index (χ0v) is 14.3. The van der Waals surface area contributed by atoms with Crippen LogP contribution in [0.15, 0.2) is 0 Å². The molecule has 0 aliphatic carbocycles. The molecule has 0 fully saturated rings. The van der Waals surface area contributed by atoms with E-state index in [0.717, 1.165) is 38.2 Å². The predicted octanol–water partition coefficient (Wildman–Crippen LogP) is 2.77. The zero-order chi connectivity index (χ0) is 13.6. The Hall–Kier alpha value is 0.157. The van der Waals surface area contributed by atoms with E-state index in [9.17, 15) is 4.79 Å². The SMILES string of the molecule is CCCOC(OCCC)[SiH2]CCCSC(=O)CC. The van der Waals surface area contributed by atoms with Crippen molar-refractivity contribution < 1.29 is 14.3 Å². The average Bonchev–Trinajstić information content (AvgIpc) is 2.40. The topological polar surface area (TPSA) is 35.5 Å². The van der Waals surface area contributed by atoms with Gasteiger partial charge in [0.05, 0.1) is 9.52 Å². The lowest BCUT2D eigenvalue weighted by atomic mass is 10.5. The molecule has 0 heterocycles. The molecule has 108 valence electrons. The van der Waals surface area contributed by atoms with Gasteiger partial charge in [0.25, 0.3) is 0 Å². The number of carbonyl (C=O) groups excluding carboxylic acids is 1. The highest BCUT2D eigenvalue weighted by molar-refractivity contribution is 8.13. The van der Waals surface area contributed by atoms with Crippen LogP contribution >= 0.6 is 11.8 Å². The molecule has 0 N–H and O–H groups in total. The number of hydrogen-bond donors (Lipinski definition) is 0. The monoisotopic (exact) mass is 292 g/mol. The molecule has 0 aliphatic heterocycles. The zero-order valence-electron chi connectivity index (χ0n) is 12.1. The maximum absolute atomic E-state index is 11.1. The second-order valence-corrected chi connectivity index (χ2v) is 7.34. The summed E-state index contributed by atoms with van der Waals surface area (Å²) >= 11 is 1.47. The molecule has 0 unspecified atom stereocenters. The van der Waals surface area contributed by atoms with Crippen LogP contribution in [0.5, 0.6) is 0 Å². The van der Waals surface area contributed by atoms with Gasteiger partial charge in [-0.3, -0.25) is 4.79 Å². The molecule has 0 saturated heterocycles. The lowest BCUT2D eigenvalue weighted by molar-refractivity contribution is -0.110. The van der Waals surface area contributed by atoms with Gasteiger partial charge in [-0.2, -0.15) is 0 Å². The number of thioether (sulfide) groups is 1. The molecular formula is C13H28O3SSi. The Morgan fingerprint density at radius 1 is 1.17 bits per heavy atom. The fourth-order valence-corrected chi connectivity index (χ4v) is 4.10. The van der Waals surface area contributed by atoms with E-state index >= 15 is 0 Å². The van der Waals surface area contributed by atoms with Crippen LogP contribution < -0.4 is 0 Å². The summed E-state index contributed by atoms with van der Waals surface area (Å²) in [6, 6.07) is 1.20. The molecule has 0 rings (SSSR count). The summed E-state index contributed by atoms with van der Waals surface area (Å²) in [5.41, 5.74) is 0. The third-order valence-corrected chi connectivity index (χ3v) is 5.36. The fraction of sp³-hybridized carbons (Fsp3) is 0.923. The fourth-order valence-electron chi connectivity index (χ4n) is 1.41. The van der Waals surface area contributed by atoms with E-state index in [-0.39, 0.29) is 15.4 Å². The van der Waals surface area contributed by atoms with E-state index < -0.39 is 0 Å². The van der Waals surface area contributed by atoms with Crippen molar-refractivity contribution in [3.05, 3.63) is 0 Å². The van der Waals surface area contributed by atoms with Crippen molar-refractivity contribution in [2.75, 3.05) is 19.0 Å². The Kier molecular flexibility index (Phi) is 13.7. The molecule has 0 aromatic rings. The lowest BCUT2D eigenvalue weighted by Crippen LogP contribution is -2.25. The van der Waals surface area contributed by atoms with Gasteiger partial charge in [0.15, 0.2) is 5.12 Å². The van der Waals surface area contributed by atoms with Gasteiger partial charge in [0.2, 0.25) is 0 Å². The minimum Gasteiger partial charge on any atom is -0.357 e. The number of ether oxygens (including phenoxy) is 2. The molecular weight excluding hydrogens is 264 g/mol. The van der Waals surface area contributed by atoms with Crippen molar-refractivity contribution >= 4 is 26.4 Å². The number of rotatable bonds is 12. The summed E-state index contributed by atoms with van der Waals surface area (Å²) in [5, 5.41) is 0.303. The van der Waals surface area contributed by atoms with E-state index in [1.165, 1.54) is 17.8 Å². The molecule has 18 heavy (non-hydrogen) atoms. The van der Waals surface area contributed by atoms with Gasteiger partial charge < -0.3 is 9.47 Å². The van der Waals surface area contributed by atoms with Crippen LogP contribution in [0.1, 0.15) is 46.5 Å². The number of hydrogen-bond acceptors (Lipinski definition) is 4. The van der Waals surface area contributed by atoms with Gasteiger partial charge in [0.1, 0.15) is 5.91 Å². The van der Waals surface area contributed by atoms with Crippen LogP contribution in [0.3, 0.4) is 0 Å². The molecule has 3 nitrogen and oxygen atoms in total. The molecule has 0 aliphatic rings. The molecule has 0 bridgehead atoms. The first-order chi connectivity index (χ1) is 8.74. The maximum Gasteiger partial charge on any atom is 0.188 e. The van der Waals surface area contributed by atoms with Crippen LogP contribution in [0, 0.1) is 0 Å². The first-order valence-corrected chi connectivity index (χ1v) is 9.93. The first kappa shape index (κ1) is 18.2. The van der Waals surface area contributed by atoms with Crippen molar-refractivity contribution in [3.63, 3.8) is 0 Å². The maximum atomic E-state index is 11.1. The predicted molar refractivity (Wildman–Crippen MR) is 82.0 cm³/mol. The van der Waals surface area contributed by atoms with E-state index in [2.05, 4.69) is 13.8 Å². The van der Waals surface area contributed by atoms with Gasteiger partial charge in [-0.25, -0.2) is 0 Å². The summed E-state index contributed by atoms with van der Waals surface area (Å²) in [7, 11) is -0.336. The Balaban J connectivity index is 3.57. The Labute approximate surface area is 118 Å². The Morgan fingerprint density at radius 3 is 2.28 bits per heavy atom. The Morgan fingerprint density at radius 2 is 1.78 bits per heavy atom. The second kappa shape index (κ2) is 13.6. The molecule has 5 heteroatoms. The van der Waals surface area contributed by atoms with Crippen molar-refractivity contribution in [3.8, 4) is 0 Å². The largest absolute Gasteiger partial charge is 0.357 e. The standard InChI is InChI=1S/C13H28O3SSi/c1-4-8-15-13(16-9-5-2)18-11-7-10-17-12(14)6-3/h13H,4-11,18H2,1-3H3. The lowest BCUT2D eigenvalue weighted by Gasteiger charge is -2.17. The molecule has 0 amide bonds. The highest BCUT2D eigenvalue weighted by Gasteiger charge is 2.09. The second-order valence-electron chi connectivity index (χ2n) is 4.24. The van der Waals surface area contributed by atoms with Crippen LogP contribution in [-0.4, -0.2) is 39.5 Å².